The molecular weight excluding hydrogens is 304 g/mol. The van der Waals surface area contributed by atoms with Crippen molar-refractivity contribution in [3.05, 3.63) is 20.8 Å². The molecule has 1 N–H and O–H groups in total. The quantitative estimate of drug-likeness (QED) is 0.872. The Morgan fingerprint density at radius 1 is 1.53 bits per heavy atom. The predicted molar refractivity (Wildman–Crippen MR) is 69.8 cm³/mol. The van der Waals surface area contributed by atoms with Gasteiger partial charge in [0.2, 0.25) is 0 Å². The molecule has 1 aromatic rings. The molecule has 0 bridgehead atoms. The minimum absolute atomic E-state index is 0.208. The van der Waals surface area contributed by atoms with Crippen LogP contribution in [0.1, 0.15) is 25.1 Å². The van der Waals surface area contributed by atoms with Crippen molar-refractivity contribution in [2.24, 2.45) is 0 Å². The van der Waals surface area contributed by atoms with Crippen LogP contribution in [-0.4, -0.2) is 22.4 Å². The van der Waals surface area contributed by atoms with E-state index in [9.17, 15) is 9.59 Å². The number of rotatable bonds is 3. The smallest absolute Gasteiger partial charge is 0.305 e. The molecule has 3 amide bonds. The van der Waals surface area contributed by atoms with Gasteiger partial charge < -0.3 is 4.90 Å². The summed E-state index contributed by atoms with van der Waals surface area (Å²) in [5.74, 6) is -0.208. The van der Waals surface area contributed by atoms with Crippen molar-refractivity contribution in [3.8, 4) is 0 Å². The molecule has 4 nitrogen and oxygen atoms in total. The van der Waals surface area contributed by atoms with E-state index in [0.29, 0.717) is 13.0 Å². The number of halogens is 1. The molecule has 1 fully saturated rings. The molecule has 1 aromatic heterocycles. The highest BCUT2D eigenvalue weighted by Crippen LogP contribution is 2.29. The van der Waals surface area contributed by atoms with Crippen LogP contribution in [0.4, 0.5) is 4.79 Å². The fourth-order valence-electron chi connectivity index (χ4n) is 1.84. The van der Waals surface area contributed by atoms with E-state index >= 15 is 0 Å². The van der Waals surface area contributed by atoms with Gasteiger partial charge in [-0.1, -0.05) is 6.92 Å². The van der Waals surface area contributed by atoms with Crippen LogP contribution in [0.15, 0.2) is 15.9 Å². The molecule has 2 heterocycles. The van der Waals surface area contributed by atoms with E-state index < -0.39 is 5.54 Å². The zero-order valence-electron chi connectivity index (χ0n) is 9.62. The van der Waals surface area contributed by atoms with Gasteiger partial charge in [0.05, 0.1) is 6.54 Å². The summed E-state index contributed by atoms with van der Waals surface area (Å²) in [6, 6.07) is 1.67. The molecule has 1 saturated heterocycles. The maximum Gasteiger partial charge on any atom is 0.325 e. The molecule has 0 spiro atoms. The third-order valence-corrected chi connectivity index (χ3v) is 4.86. The highest BCUT2D eigenvalue weighted by atomic mass is 79.9. The summed E-state index contributed by atoms with van der Waals surface area (Å²) in [6.07, 6.45) is 0.608. The largest absolute Gasteiger partial charge is 0.325 e. The van der Waals surface area contributed by atoms with Crippen LogP contribution in [0.3, 0.4) is 0 Å². The Morgan fingerprint density at radius 3 is 2.76 bits per heavy atom. The summed E-state index contributed by atoms with van der Waals surface area (Å²) in [6.45, 7) is 4.18. The van der Waals surface area contributed by atoms with Gasteiger partial charge in [0.15, 0.2) is 0 Å². The summed E-state index contributed by atoms with van der Waals surface area (Å²) in [5.41, 5.74) is -0.729. The molecule has 1 aliphatic rings. The van der Waals surface area contributed by atoms with Gasteiger partial charge in [-0.2, -0.15) is 0 Å². The van der Waals surface area contributed by atoms with E-state index in [0.717, 1.165) is 9.35 Å². The maximum atomic E-state index is 11.8. The number of carbonyl (C=O) groups is 2. The zero-order valence-corrected chi connectivity index (χ0v) is 12.0. The monoisotopic (exact) mass is 316 g/mol. The molecule has 1 aliphatic heterocycles. The summed E-state index contributed by atoms with van der Waals surface area (Å²) in [4.78, 5) is 26.2. The molecule has 0 aliphatic carbocycles. The second-order valence-corrected chi connectivity index (χ2v) is 6.12. The number of amides is 3. The standard InChI is InChI=1S/C11H13BrN2O2S/c1-3-11(2)9(15)13-10(16)14(11)5-8-4-7(12)6-17-8/h4,6H,3,5H2,1-2H3,(H,13,15,16). The van der Waals surface area contributed by atoms with Gasteiger partial charge in [-0.15, -0.1) is 11.3 Å². The number of carbonyl (C=O) groups excluding carboxylic acids is 2. The van der Waals surface area contributed by atoms with Crippen molar-refractivity contribution in [3.63, 3.8) is 0 Å². The van der Waals surface area contributed by atoms with Crippen LogP contribution in [0, 0.1) is 0 Å². The van der Waals surface area contributed by atoms with Crippen LogP contribution in [0.25, 0.3) is 0 Å². The Bertz CT molecular complexity index is 474. The lowest BCUT2D eigenvalue weighted by Crippen LogP contribution is -2.45. The van der Waals surface area contributed by atoms with E-state index in [2.05, 4.69) is 21.2 Å². The Kier molecular flexibility index (Phi) is 3.27. The van der Waals surface area contributed by atoms with Crippen LogP contribution in [-0.2, 0) is 11.3 Å². The molecule has 0 radical (unpaired) electrons. The summed E-state index contributed by atoms with van der Waals surface area (Å²) < 4.78 is 1.00. The van der Waals surface area contributed by atoms with E-state index in [1.165, 1.54) is 0 Å². The van der Waals surface area contributed by atoms with Crippen molar-refractivity contribution in [1.82, 2.24) is 10.2 Å². The molecule has 6 heteroatoms. The Morgan fingerprint density at radius 2 is 2.24 bits per heavy atom. The third-order valence-electron chi connectivity index (χ3n) is 3.17. The van der Waals surface area contributed by atoms with Crippen LogP contribution in [0.2, 0.25) is 0 Å². The average molecular weight is 317 g/mol. The van der Waals surface area contributed by atoms with E-state index in [1.807, 2.05) is 18.4 Å². The molecule has 0 aromatic carbocycles. The lowest BCUT2D eigenvalue weighted by atomic mass is 9.97. The van der Waals surface area contributed by atoms with Gasteiger partial charge in [-0.05, 0) is 35.3 Å². The van der Waals surface area contributed by atoms with Crippen molar-refractivity contribution in [2.75, 3.05) is 0 Å². The van der Waals surface area contributed by atoms with E-state index in [-0.39, 0.29) is 11.9 Å². The van der Waals surface area contributed by atoms with Crippen LogP contribution in [0.5, 0.6) is 0 Å². The number of imide groups is 1. The topological polar surface area (TPSA) is 49.4 Å². The summed E-state index contributed by atoms with van der Waals surface area (Å²) in [5, 5.41) is 4.34. The minimum atomic E-state index is -0.729. The summed E-state index contributed by atoms with van der Waals surface area (Å²) in [7, 11) is 0. The van der Waals surface area contributed by atoms with Crippen molar-refractivity contribution >= 4 is 39.2 Å². The molecule has 0 saturated carbocycles. The molecule has 1 atom stereocenters. The molecule has 92 valence electrons. The van der Waals surface area contributed by atoms with Gasteiger partial charge in [-0.25, -0.2) is 4.79 Å². The third kappa shape index (κ3) is 2.11. The Labute approximate surface area is 112 Å². The number of hydrogen-bond acceptors (Lipinski definition) is 3. The lowest BCUT2D eigenvalue weighted by Gasteiger charge is -2.30. The van der Waals surface area contributed by atoms with Gasteiger partial charge in [0, 0.05) is 14.7 Å². The number of urea groups is 1. The first kappa shape index (κ1) is 12.6. The molecule has 1 unspecified atom stereocenters. The van der Waals surface area contributed by atoms with E-state index in [4.69, 9.17) is 0 Å². The maximum absolute atomic E-state index is 11.8. The first-order valence-electron chi connectivity index (χ1n) is 5.33. The Balaban J connectivity index is 2.24. The van der Waals surface area contributed by atoms with Gasteiger partial charge in [0.25, 0.3) is 5.91 Å². The Hall–Kier alpha value is -0.880. The predicted octanol–water partition coefficient (Wildman–Crippen LogP) is 2.73. The number of nitrogens with one attached hydrogen (secondary N) is 1. The fourth-order valence-corrected chi connectivity index (χ4v) is 3.28. The second kappa shape index (κ2) is 4.42. The average Bonchev–Trinajstić information content (AvgIpc) is 2.77. The molecule has 2 rings (SSSR count). The minimum Gasteiger partial charge on any atom is -0.305 e. The lowest BCUT2D eigenvalue weighted by molar-refractivity contribution is -0.126. The SMILES string of the molecule is CCC1(C)C(=O)NC(=O)N1Cc1cc(Br)cs1. The van der Waals surface area contributed by atoms with E-state index in [1.54, 1.807) is 23.2 Å². The summed E-state index contributed by atoms with van der Waals surface area (Å²) >= 11 is 4.95. The number of hydrogen-bond donors (Lipinski definition) is 1. The first-order valence-corrected chi connectivity index (χ1v) is 7.00. The van der Waals surface area contributed by atoms with Gasteiger partial charge in [-0.3, -0.25) is 10.1 Å². The highest BCUT2D eigenvalue weighted by molar-refractivity contribution is 9.10. The second-order valence-electron chi connectivity index (χ2n) is 4.20. The van der Waals surface area contributed by atoms with Crippen LogP contribution >= 0.6 is 27.3 Å². The number of nitrogens with zero attached hydrogens (tertiary/aromatic N) is 1. The fraction of sp³-hybridized carbons (Fsp3) is 0.455. The first-order chi connectivity index (χ1) is 7.97. The van der Waals surface area contributed by atoms with Crippen LogP contribution < -0.4 is 5.32 Å². The highest BCUT2D eigenvalue weighted by Gasteiger charge is 2.47. The van der Waals surface area contributed by atoms with Crippen molar-refractivity contribution < 1.29 is 9.59 Å². The van der Waals surface area contributed by atoms with Crippen molar-refractivity contribution in [1.29, 1.82) is 0 Å². The molecule has 17 heavy (non-hydrogen) atoms. The molecular formula is C11H13BrN2O2S. The van der Waals surface area contributed by atoms with Gasteiger partial charge >= 0.3 is 6.03 Å². The number of thiophene rings is 1. The van der Waals surface area contributed by atoms with Gasteiger partial charge in [0.1, 0.15) is 5.54 Å². The van der Waals surface area contributed by atoms with Crippen molar-refractivity contribution in [2.45, 2.75) is 32.4 Å². The normalized spacial score (nSPS) is 24.3. The zero-order chi connectivity index (χ0) is 12.6.